The fourth-order valence-electron chi connectivity index (χ4n) is 1.36. The molecule has 1 N–H and O–H groups in total. The number of thiocarbonyl (C=S) groups is 1. The first-order chi connectivity index (χ1) is 8.29. The van der Waals surface area contributed by atoms with Gasteiger partial charge in [-0.25, -0.2) is 0 Å². The topological polar surface area (TPSA) is 48.7 Å². The molecule has 17 heavy (non-hydrogen) atoms. The zero-order chi connectivity index (χ0) is 12.1. The summed E-state index contributed by atoms with van der Waals surface area (Å²) < 4.78 is 0. The van der Waals surface area contributed by atoms with Gasteiger partial charge in [0.25, 0.3) is 0 Å². The summed E-state index contributed by atoms with van der Waals surface area (Å²) >= 11 is 5.23. The second-order valence-corrected chi connectivity index (χ2v) is 3.77. The molecule has 0 atom stereocenters. The number of nitrogens with zero attached hydrogens (tertiary/aromatic N) is 2. The highest BCUT2D eigenvalue weighted by Crippen LogP contribution is 2.11. The summed E-state index contributed by atoms with van der Waals surface area (Å²) in [5, 5.41) is 11.8. The molecule has 0 saturated heterocycles. The van der Waals surface area contributed by atoms with Crippen molar-refractivity contribution in [2.75, 3.05) is 5.32 Å². The van der Waals surface area contributed by atoms with Crippen LogP contribution in [0.3, 0.4) is 0 Å². The molecule has 1 heterocycles. The minimum Gasteiger partial charge on any atom is -0.345 e. The van der Waals surface area contributed by atoms with Crippen molar-refractivity contribution in [3.63, 3.8) is 0 Å². The van der Waals surface area contributed by atoms with Crippen LogP contribution in [0, 0.1) is 11.3 Å². The maximum absolute atomic E-state index is 8.79. The van der Waals surface area contributed by atoms with Crippen LogP contribution in [0.5, 0.6) is 0 Å². The Morgan fingerprint density at radius 3 is 2.82 bits per heavy atom. The summed E-state index contributed by atoms with van der Waals surface area (Å²) in [4.78, 5) is 4.69. The van der Waals surface area contributed by atoms with Crippen LogP contribution in [0.15, 0.2) is 48.7 Å². The van der Waals surface area contributed by atoms with E-state index in [0.717, 1.165) is 5.69 Å². The summed E-state index contributed by atoms with van der Waals surface area (Å²) in [6.07, 6.45) is 1.69. The van der Waals surface area contributed by atoms with Crippen molar-refractivity contribution in [2.45, 2.75) is 0 Å². The molecule has 3 nitrogen and oxygen atoms in total. The molecule has 0 unspecified atom stereocenters. The van der Waals surface area contributed by atoms with Gasteiger partial charge in [0.1, 0.15) is 4.99 Å². The number of hydrogen-bond donors (Lipinski definition) is 1. The molecule has 1 aromatic carbocycles. The highest BCUT2D eigenvalue weighted by Gasteiger charge is 2.02. The molecular weight excluding hydrogens is 230 g/mol. The van der Waals surface area contributed by atoms with Gasteiger partial charge in [-0.1, -0.05) is 24.4 Å². The number of nitrogens with one attached hydrogen (secondary N) is 1. The molecule has 82 valence electrons. The first-order valence-corrected chi connectivity index (χ1v) is 5.43. The van der Waals surface area contributed by atoms with Crippen molar-refractivity contribution < 1.29 is 0 Å². The molecule has 0 bridgehead atoms. The van der Waals surface area contributed by atoms with Crippen LogP contribution >= 0.6 is 12.2 Å². The van der Waals surface area contributed by atoms with Crippen LogP contribution in [0.4, 0.5) is 5.69 Å². The number of aromatic nitrogens is 1. The number of nitriles is 1. The number of rotatable bonds is 2. The third-order valence-corrected chi connectivity index (χ3v) is 2.46. The maximum Gasteiger partial charge on any atom is 0.129 e. The van der Waals surface area contributed by atoms with Crippen LogP contribution in [0.25, 0.3) is 0 Å². The normalized spacial score (nSPS) is 9.35. The van der Waals surface area contributed by atoms with Crippen LogP contribution < -0.4 is 5.32 Å². The molecule has 0 amide bonds. The van der Waals surface area contributed by atoms with Gasteiger partial charge in [0.2, 0.25) is 0 Å². The Balaban J connectivity index is 2.17. The predicted octanol–water partition coefficient (Wildman–Crippen LogP) is 2.74. The van der Waals surface area contributed by atoms with E-state index in [4.69, 9.17) is 17.5 Å². The SMILES string of the molecule is N#Cc1cccc(NC(=S)c2ccccn2)c1. The van der Waals surface area contributed by atoms with Crippen LogP contribution in [0.1, 0.15) is 11.3 Å². The third kappa shape index (κ3) is 2.86. The summed E-state index contributed by atoms with van der Waals surface area (Å²) in [6.45, 7) is 0. The van der Waals surface area contributed by atoms with Crippen molar-refractivity contribution in [1.29, 1.82) is 5.26 Å². The molecule has 0 aliphatic rings. The molecule has 0 radical (unpaired) electrons. The standard InChI is InChI=1S/C13H9N3S/c14-9-10-4-3-5-11(8-10)16-13(17)12-6-1-2-7-15-12/h1-8H,(H,16,17). The smallest absolute Gasteiger partial charge is 0.129 e. The summed E-state index contributed by atoms with van der Waals surface area (Å²) in [5.74, 6) is 0. The van der Waals surface area contributed by atoms with Crippen LogP contribution in [-0.2, 0) is 0 Å². The van der Waals surface area contributed by atoms with Crippen LogP contribution in [0.2, 0.25) is 0 Å². The molecular formula is C13H9N3S. The van der Waals surface area contributed by atoms with Crippen molar-refractivity contribution in [2.24, 2.45) is 0 Å². The Morgan fingerprint density at radius 1 is 1.24 bits per heavy atom. The lowest BCUT2D eigenvalue weighted by molar-refractivity contribution is 1.30. The van der Waals surface area contributed by atoms with E-state index in [9.17, 15) is 0 Å². The van der Waals surface area contributed by atoms with E-state index in [1.54, 1.807) is 18.3 Å². The van der Waals surface area contributed by atoms with E-state index in [1.807, 2.05) is 30.3 Å². The van der Waals surface area contributed by atoms with Gasteiger partial charge in [0.15, 0.2) is 0 Å². The summed E-state index contributed by atoms with van der Waals surface area (Å²) in [5.41, 5.74) is 2.10. The van der Waals surface area contributed by atoms with Gasteiger partial charge in [-0.2, -0.15) is 5.26 Å². The van der Waals surface area contributed by atoms with Crippen molar-refractivity contribution >= 4 is 22.9 Å². The fraction of sp³-hybridized carbons (Fsp3) is 0. The highest BCUT2D eigenvalue weighted by atomic mass is 32.1. The Labute approximate surface area is 105 Å². The van der Waals surface area contributed by atoms with Crippen molar-refractivity contribution in [1.82, 2.24) is 4.98 Å². The lowest BCUT2D eigenvalue weighted by atomic mass is 10.2. The van der Waals surface area contributed by atoms with Gasteiger partial charge in [-0.3, -0.25) is 4.98 Å². The van der Waals surface area contributed by atoms with E-state index in [2.05, 4.69) is 16.4 Å². The van der Waals surface area contributed by atoms with Gasteiger partial charge in [-0.15, -0.1) is 0 Å². The predicted molar refractivity (Wildman–Crippen MR) is 70.7 cm³/mol. The minimum absolute atomic E-state index is 0.542. The molecule has 0 aliphatic heterocycles. The zero-order valence-electron chi connectivity index (χ0n) is 8.92. The Morgan fingerprint density at radius 2 is 2.12 bits per heavy atom. The van der Waals surface area contributed by atoms with Crippen molar-refractivity contribution in [3.8, 4) is 6.07 Å². The molecule has 1 aromatic heterocycles. The number of benzene rings is 1. The lowest BCUT2D eigenvalue weighted by Crippen LogP contribution is -2.11. The third-order valence-electron chi connectivity index (χ3n) is 2.15. The van der Waals surface area contributed by atoms with Gasteiger partial charge in [-0.05, 0) is 30.3 Å². The van der Waals surface area contributed by atoms with Crippen molar-refractivity contribution in [3.05, 3.63) is 59.9 Å². The number of anilines is 1. The minimum atomic E-state index is 0.542. The van der Waals surface area contributed by atoms with E-state index in [0.29, 0.717) is 16.2 Å². The van der Waals surface area contributed by atoms with Gasteiger partial charge < -0.3 is 5.32 Å². The molecule has 0 aliphatic carbocycles. The van der Waals surface area contributed by atoms with E-state index in [1.165, 1.54) is 0 Å². The average Bonchev–Trinajstić information content (AvgIpc) is 2.40. The van der Waals surface area contributed by atoms with E-state index in [-0.39, 0.29) is 0 Å². The van der Waals surface area contributed by atoms with Gasteiger partial charge >= 0.3 is 0 Å². The largest absolute Gasteiger partial charge is 0.345 e. The number of pyridine rings is 1. The van der Waals surface area contributed by atoms with Gasteiger partial charge in [0.05, 0.1) is 17.3 Å². The molecule has 0 saturated carbocycles. The Bertz CT molecular complexity index is 573. The monoisotopic (exact) mass is 239 g/mol. The average molecular weight is 239 g/mol. The lowest BCUT2D eigenvalue weighted by Gasteiger charge is -2.07. The maximum atomic E-state index is 8.79. The Kier molecular flexibility index (Phi) is 3.43. The quantitative estimate of drug-likeness (QED) is 0.819. The second kappa shape index (κ2) is 5.19. The first-order valence-electron chi connectivity index (χ1n) is 5.02. The molecule has 0 fully saturated rings. The molecule has 2 rings (SSSR count). The Hall–Kier alpha value is -2.25. The molecule has 0 spiro atoms. The zero-order valence-corrected chi connectivity index (χ0v) is 9.74. The highest BCUT2D eigenvalue weighted by molar-refractivity contribution is 7.81. The summed E-state index contributed by atoms with van der Waals surface area (Å²) in [7, 11) is 0. The molecule has 4 heteroatoms. The first kappa shape index (κ1) is 11.2. The van der Waals surface area contributed by atoms with E-state index >= 15 is 0 Å². The molecule has 2 aromatic rings. The summed E-state index contributed by atoms with van der Waals surface area (Å²) in [6, 6.07) is 14.8. The van der Waals surface area contributed by atoms with Gasteiger partial charge in [0, 0.05) is 11.9 Å². The van der Waals surface area contributed by atoms with E-state index < -0.39 is 0 Å². The number of hydrogen-bond acceptors (Lipinski definition) is 3. The second-order valence-electron chi connectivity index (χ2n) is 3.36. The van der Waals surface area contributed by atoms with Crippen LogP contribution in [-0.4, -0.2) is 9.97 Å². The fourth-order valence-corrected chi connectivity index (χ4v) is 1.60.